The van der Waals surface area contributed by atoms with Crippen molar-refractivity contribution >= 4 is 0 Å². The molecule has 0 amide bonds. The van der Waals surface area contributed by atoms with E-state index in [-0.39, 0.29) is 12.4 Å². The Morgan fingerprint density at radius 3 is 2.70 bits per heavy atom. The molecule has 0 heterocycles. The van der Waals surface area contributed by atoms with Crippen molar-refractivity contribution in [1.29, 1.82) is 5.26 Å². The molecule has 0 atom stereocenters. The second-order valence-corrected chi connectivity index (χ2v) is 4.35. The fourth-order valence-electron chi connectivity index (χ4n) is 1.95. The minimum atomic E-state index is -0.377. The molecule has 0 aliphatic carbocycles. The van der Waals surface area contributed by atoms with Gasteiger partial charge in [-0.3, -0.25) is 0 Å². The summed E-state index contributed by atoms with van der Waals surface area (Å²) < 4.78 is 18.9. The fraction of sp³-hybridized carbons (Fsp3) is 0.188. The Kier molecular flexibility index (Phi) is 4.70. The molecular formula is C16H15FN2O. The summed E-state index contributed by atoms with van der Waals surface area (Å²) >= 11 is 0. The molecule has 3 nitrogen and oxygen atoms in total. The third-order valence-electron chi connectivity index (χ3n) is 2.96. The Balaban J connectivity index is 2.17. The normalized spacial score (nSPS) is 10.1. The number of nitriles is 1. The van der Waals surface area contributed by atoms with E-state index in [1.165, 1.54) is 18.2 Å². The zero-order valence-corrected chi connectivity index (χ0v) is 11.0. The first kappa shape index (κ1) is 14.0. The van der Waals surface area contributed by atoms with Crippen molar-refractivity contribution < 1.29 is 9.13 Å². The number of ether oxygens (including phenoxy) is 1. The second-order valence-electron chi connectivity index (χ2n) is 4.35. The molecule has 2 rings (SSSR count). The van der Waals surface area contributed by atoms with Crippen molar-refractivity contribution in [3.8, 4) is 11.8 Å². The van der Waals surface area contributed by atoms with E-state index in [9.17, 15) is 4.39 Å². The van der Waals surface area contributed by atoms with Crippen LogP contribution < -0.4 is 10.5 Å². The molecule has 0 fully saturated rings. The summed E-state index contributed by atoms with van der Waals surface area (Å²) in [7, 11) is 0. The molecule has 0 aliphatic heterocycles. The Hall–Kier alpha value is -2.38. The molecule has 2 N–H and O–H groups in total. The predicted octanol–water partition coefficient (Wildman–Crippen LogP) is 2.78. The van der Waals surface area contributed by atoms with Gasteiger partial charge < -0.3 is 10.5 Å². The lowest BCUT2D eigenvalue weighted by Gasteiger charge is -2.11. The SMILES string of the molecule is N#Cc1ccc(F)cc1COc1ccccc1CCN. The Morgan fingerprint density at radius 2 is 1.95 bits per heavy atom. The lowest BCUT2D eigenvalue weighted by Crippen LogP contribution is -2.06. The Labute approximate surface area is 117 Å². The number of para-hydroxylation sites is 1. The molecule has 2 aromatic carbocycles. The summed E-state index contributed by atoms with van der Waals surface area (Å²) in [5, 5.41) is 9.00. The van der Waals surface area contributed by atoms with Gasteiger partial charge in [-0.15, -0.1) is 0 Å². The molecular weight excluding hydrogens is 255 g/mol. The molecule has 0 saturated carbocycles. The van der Waals surface area contributed by atoms with Crippen molar-refractivity contribution in [3.63, 3.8) is 0 Å². The van der Waals surface area contributed by atoms with Gasteiger partial charge in [0, 0.05) is 5.56 Å². The smallest absolute Gasteiger partial charge is 0.123 e. The third kappa shape index (κ3) is 3.34. The fourth-order valence-corrected chi connectivity index (χ4v) is 1.95. The molecule has 20 heavy (non-hydrogen) atoms. The summed E-state index contributed by atoms with van der Waals surface area (Å²) in [6.07, 6.45) is 0.713. The molecule has 4 heteroatoms. The summed E-state index contributed by atoms with van der Waals surface area (Å²) in [6.45, 7) is 0.687. The van der Waals surface area contributed by atoms with Crippen LogP contribution in [-0.2, 0) is 13.0 Å². The second kappa shape index (κ2) is 6.69. The van der Waals surface area contributed by atoms with E-state index < -0.39 is 0 Å². The topological polar surface area (TPSA) is 59.0 Å². The maximum atomic E-state index is 13.2. The van der Waals surface area contributed by atoms with E-state index in [0.717, 1.165) is 5.56 Å². The van der Waals surface area contributed by atoms with Crippen molar-refractivity contribution in [2.24, 2.45) is 5.73 Å². The molecule has 0 unspecified atom stereocenters. The Morgan fingerprint density at radius 1 is 1.15 bits per heavy atom. The zero-order valence-electron chi connectivity index (χ0n) is 11.0. The highest BCUT2D eigenvalue weighted by molar-refractivity contribution is 5.39. The number of nitrogens with two attached hydrogens (primary N) is 1. The van der Waals surface area contributed by atoms with Gasteiger partial charge in [-0.1, -0.05) is 18.2 Å². The summed E-state index contributed by atoms with van der Waals surface area (Å²) in [5.74, 6) is 0.337. The van der Waals surface area contributed by atoms with E-state index in [1.54, 1.807) is 0 Å². The van der Waals surface area contributed by atoms with Gasteiger partial charge in [0.15, 0.2) is 0 Å². The van der Waals surface area contributed by atoms with Gasteiger partial charge in [-0.25, -0.2) is 4.39 Å². The highest BCUT2D eigenvalue weighted by Gasteiger charge is 2.07. The quantitative estimate of drug-likeness (QED) is 0.908. The zero-order chi connectivity index (χ0) is 14.4. The van der Waals surface area contributed by atoms with Crippen molar-refractivity contribution in [1.82, 2.24) is 0 Å². The number of rotatable bonds is 5. The largest absolute Gasteiger partial charge is 0.489 e. The molecule has 2 aromatic rings. The van der Waals surface area contributed by atoms with E-state index >= 15 is 0 Å². The highest BCUT2D eigenvalue weighted by Crippen LogP contribution is 2.20. The van der Waals surface area contributed by atoms with Gasteiger partial charge >= 0.3 is 0 Å². The molecule has 0 aromatic heterocycles. The maximum absolute atomic E-state index is 13.2. The van der Waals surface area contributed by atoms with Crippen LogP contribution in [0, 0.1) is 17.1 Å². The summed E-state index contributed by atoms with van der Waals surface area (Å²) in [5.41, 5.74) is 7.51. The standard InChI is InChI=1S/C16H15FN2O/c17-15-6-5-13(10-19)14(9-15)11-20-16-4-2-1-3-12(16)7-8-18/h1-6,9H,7-8,11,18H2. The van der Waals surface area contributed by atoms with Crippen molar-refractivity contribution in [2.75, 3.05) is 6.54 Å². The van der Waals surface area contributed by atoms with E-state index in [1.807, 2.05) is 30.3 Å². The monoisotopic (exact) mass is 270 g/mol. The van der Waals surface area contributed by atoms with Crippen LogP contribution in [-0.4, -0.2) is 6.54 Å². The van der Waals surface area contributed by atoms with Crippen molar-refractivity contribution in [2.45, 2.75) is 13.0 Å². The highest BCUT2D eigenvalue weighted by atomic mass is 19.1. The molecule has 0 aliphatic rings. The first-order chi connectivity index (χ1) is 9.74. The number of benzene rings is 2. The molecule has 0 saturated heterocycles. The van der Waals surface area contributed by atoms with Crippen LogP contribution in [0.4, 0.5) is 4.39 Å². The minimum Gasteiger partial charge on any atom is -0.489 e. The third-order valence-corrected chi connectivity index (χ3v) is 2.96. The van der Waals surface area contributed by atoms with Crippen LogP contribution in [0.15, 0.2) is 42.5 Å². The molecule has 0 bridgehead atoms. The average Bonchev–Trinajstić information content (AvgIpc) is 2.47. The Bertz CT molecular complexity index is 635. The molecule has 0 radical (unpaired) electrons. The lowest BCUT2D eigenvalue weighted by atomic mass is 10.1. The number of nitrogens with zero attached hydrogens (tertiary/aromatic N) is 1. The van der Waals surface area contributed by atoms with E-state index in [0.29, 0.717) is 29.8 Å². The number of hydrogen-bond donors (Lipinski definition) is 1. The van der Waals surface area contributed by atoms with Crippen LogP contribution in [0.1, 0.15) is 16.7 Å². The summed E-state index contributed by atoms with van der Waals surface area (Å²) in [4.78, 5) is 0. The molecule has 102 valence electrons. The first-order valence-electron chi connectivity index (χ1n) is 6.34. The van der Waals surface area contributed by atoms with Gasteiger partial charge in [-0.2, -0.15) is 5.26 Å². The average molecular weight is 270 g/mol. The van der Waals surface area contributed by atoms with E-state index in [2.05, 4.69) is 0 Å². The van der Waals surface area contributed by atoms with Crippen LogP contribution >= 0.6 is 0 Å². The first-order valence-corrected chi connectivity index (χ1v) is 6.34. The van der Waals surface area contributed by atoms with Gasteiger partial charge in [0.25, 0.3) is 0 Å². The van der Waals surface area contributed by atoms with Gasteiger partial charge in [0.05, 0.1) is 11.6 Å². The number of hydrogen-bond acceptors (Lipinski definition) is 3. The maximum Gasteiger partial charge on any atom is 0.123 e. The van der Waals surface area contributed by atoms with Crippen LogP contribution in [0.5, 0.6) is 5.75 Å². The number of halogens is 1. The lowest BCUT2D eigenvalue weighted by molar-refractivity contribution is 0.302. The van der Waals surface area contributed by atoms with Crippen LogP contribution in [0.25, 0.3) is 0 Å². The predicted molar refractivity (Wildman–Crippen MR) is 74.6 cm³/mol. The van der Waals surface area contributed by atoms with Crippen LogP contribution in [0.3, 0.4) is 0 Å². The minimum absolute atomic E-state index is 0.155. The van der Waals surface area contributed by atoms with Gasteiger partial charge in [0.1, 0.15) is 18.2 Å². The molecule has 0 spiro atoms. The van der Waals surface area contributed by atoms with Gasteiger partial charge in [-0.05, 0) is 42.8 Å². The summed E-state index contributed by atoms with van der Waals surface area (Å²) in [6, 6.07) is 13.7. The van der Waals surface area contributed by atoms with Crippen molar-refractivity contribution in [3.05, 3.63) is 65.0 Å². The van der Waals surface area contributed by atoms with Gasteiger partial charge in [0.2, 0.25) is 0 Å². The van der Waals surface area contributed by atoms with Crippen LogP contribution in [0.2, 0.25) is 0 Å². The van der Waals surface area contributed by atoms with E-state index in [4.69, 9.17) is 15.7 Å².